The summed E-state index contributed by atoms with van der Waals surface area (Å²) in [6.45, 7) is 7.38. The summed E-state index contributed by atoms with van der Waals surface area (Å²) >= 11 is 0. The maximum Gasteiger partial charge on any atom is 0.241 e. The van der Waals surface area contributed by atoms with E-state index in [-0.39, 0.29) is 11.4 Å². The van der Waals surface area contributed by atoms with Crippen molar-refractivity contribution >= 4 is 21.6 Å². The smallest absolute Gasteiger partial charge is 0.241 e. The largest absolute Gasteiger partial charge is 0.325 e. The molecule has 0 saturated carbocycles. The first-order chi connectivity index (χ1) is 11.2. The highest BCUT2D eigenvalue weighted by Crippen LogP contribution is 2.15. The van der Waals surface area contributed by atoms with E-state index in [1.165, 1.54) is 6.07 Å². The number of carbonyl (C=O) groups is 1. The Balaban J connectivity index is 2.01. The maximum atomic E-state index is 12.3. The van der Waals surface area contributed by atoms with Crippen molar-refractivity contribution in [2.45, 2.75) is 32.6 Å². The third-order valence-electron chi connectivity index (χ3n) is 4.00. The zero-order chi connectivity index (χ0) is 17.9. The van der Waals surface area contributed by atoms with Crippen LogP contribution in [0.3, 0.4) is 0 Å². The molecular weight excluding hydrogens is 324 g/mol. The Hall–Kier alpha value is -2.18. The van der Waals surface area contributed by atoms with Crippen LogP contribution in [-0.2, 0) is 14.8 Å². The molecule has 2 aromatic rings. The molecule has 0 saturated heterocycles. The van der Waals surface area contributed by atoms with Crippen LogP contribution in [0.5, 0.6) is 0 Å². The third kappa shape index (κ3) is 4.43. The van der Waals surface area contributed by atoms with Gasteiger partial charge in [-0.15, -0.1) is 0 Å². The van der Waals surface area contributed by atoms with Crippen LogP contribution in [0.25, 0.3) is 0 Å². The van der Waals surface area contributed by atoms with Gasteiger partial charge < -0.3 is 5.32 Å². The molecule has 0 radical (unpaired) electrons. The highest BCUT2D eigenvalue weighted by atomic mass is 32.2. The fourth-order valence-corrected chi connectivity index (χ4v) is 3.22. The molecular formula is C18H22N2O3S. The van der Waals surface area contributed by atoms with Crippen LogP contribution in [0.4, 0.5) is 5.69 Å². The van der Waals surface area contributed by atoms with Crippen LogP contribution < -0.4 is 10.0 Å². The molecule has 0 spiro atoms. The summed E-state index contributed by atoms with van der Waals surface area (Å²) in [4.78, 5) is 12.1. The molecule has 0 atom stereocenters. The molecule has 0 unspecified atom stereocenters. The molecule has 2 aromatic carbocycles. The Bertz CT molecular complexity index is 874. The minimum Gasteiger partial charge on any atom is -0.325 e. The Morgan fingerprint density at radius 3 is 2.04 bits per heavy atom. The van der Waals surface area contributed by atoms with Gasteiger partial charge in [-0.1, -0.05) is 12.1 Å². The van der Waals surface area contributed by atoms with Crippen molar-refractivity contribution in [3.8, 4) is 0 Å². The van der Waals surface area contributed by atoms with E-state index in [0.717, 1.165) is 22.3 Å². The number of hydrogen-bond acceptors (Lipinski definition) is 3. The first-order valence-electron chi connectivity index (χ1n) is 7.63. The first-order valence-corrected chi connectivity index (χ1v) is 9.11. The first kappa shape index (κ1) is 18.2. The minimum atomic E-state index is -3.71. The normalized spacial score (nSPS) is 11.3. The number of anilines is 1. The van der Waals surface area contributed by atoms with Gasteiger partial charge in [0.1, 0.15) is 0 Å². The molecule has 6 heteroatoms. The number of benzene rings is 2. The summed E-state index contributed by atoms with van der Waals surface area (Å²) in [7, 11) is -3.71. The van der Waals surface area contributed by atoms with Crippen molar-refractivity contribution in [1.29, 1.82) is 0 Å². The quantitative estimate of drug-likeness (QED) is 0.874. The van der Waals surface area contributed by atoms with Gasteiger partial charge in [0.05, 0.1) is 11.4 Å². The Kier molecular flexibility index (Phi) is 5.41. The van der Waals surface area contributed by atoms with E-state index in [4.69, 9.17) is 0 Å². The van der Waals surface area contributed by atoms with Gasteiger partial charge in [0.15, 0.2) is 0 Å². The van der Waals surface area contributed by atoms with Gasteiger partial charge in [-0.25, -0.2) is 13.1 Å². The number of sulfonamides is 1. The molecule has 24 heavy (non-hydrogen) atoms. The van der Waals surface area contributed by atoms with Crippen LogP contribution >= 0.6 is 0 Å². The third-order valence-corrected chi connectivity index (χ3v) is 5.40. The van der Waals surface area contributed by atoms with E-state index in [2.05, 4.69) is 10.0 Å². The van der Waals surface area contributed by atoms with Crippen LogP contribution in [-0.4, -0.2) is 20.9 Å². The SMILES string of the molecule is Cc1ccc(NC(=O)CNS(=O)(=O)c2ccc(C)c(C)c2)cc1C. The highest BCUT2D eigenvalue weighted by Gasteiger charge is 2.16. The van der Waals surface area contributed by atoms with E-state index < -0.39 is 15.9 Å². The van der Waals surface area contributed by atoms with Gasteiger partial charge in [0.2, 0.25) is 15.9 Å². The molecule has 5 nitrogen and oxygen atoms in total. The van der Waals surface area contributed by atoms with Gasteiger partial charge in [-0.2, -0.15) is 0 Å². The number of hydrogen-bond donors (Lipinski definition) is 2. The second-order valence-corrected chi connectivity index (χ2v) is 7.68. The predicted molar refractivity (Wildman–Crippen MR) is 95.7 cm³/mol. The molecule has 128 valence electrons. The summed E-state index contributed by atoms with van der Waals surface area (Å²) in [6.07, 6.45) is 0. The van der Waals surface area contributed by atoms with Gasteiger partial charge in [-0.3, -0.25) is 4.79 Å². The number of aryl methyl sites for hydroxylation is 4. The summed E-state index contributed by atoms with van der Waals surface area (Å²) in [5, 5.41) is 2.69. The number of amides is 1. The second kappa shape index (κ2) is 7.15. The van der Waals surface area contributed by atoms with Crippen molar-refractivity contribution in [2.75, 3.05) is 11.9 Å². The molecule has 0 aliphatic heterocycles. The molecule has 0 heterocycles. The monoisotopic (exact) mass is 346 g/mol. The Morgan fingerprint density at radius 1 is 0.875 bits per heavy atom. The maximum absolute atomic E-state index is 12.3. The molecule has 1 amide bonds. The number of nitrogens with one attached hydrogen (secondary N) is 2. The standard InChI is InChI=1S/C18H22N2O3S/c1-12-5-7-16(9-14(12)3)20-18(21)11-19-24(22,23)17-8-6-13(2)15(4)10-17/h5-10,19H,11H2,1-4H3,(H,20,21). The number of carbonyl (C=O) groups excluding carboxylic acids is 1. The van der Waals surface area contributed by atoms with E-state index in [9.17, 15) is 13.2 Å². The summed E-state index contributed by atoms with van der Waals surface area (Å²) in [6, 6.07) is 10.4. The van der Waals surface area contributed by atoms with E-state index in [1.54, 1.807) is 18.2 Å². The average Bonchev–Trinajstić information content (AvgIpc) is 2.52. The topological polar surface area (TPSA) is 75.3 Å². The van der Waals surface area contributed by atoms with Crippen LogP contribution in [0.1, 0.15) is 22.3 Å². The highest BCUT2D eigenvalue weighted by molar-refractivity contribution is 7.89. The molecule has 0 bridgehead atoms. The van der Waals surface area contributed by atoms with Gasteiger partial charge >= 0.3 is 0 Å². The van der Waals surface area contributed by atoms with Crippen LogP contribution in [0.15, 0.2) is 41.3 Å². The molecule has 0 fully saturated rings. The fraction of sp³-hybridized carbons (Fsp3) is 0.278. The van der Waals surface area contributed by atoms with Crippen molar-refractivity contribution in [1.82, 2.24) is 4.72 Å². The molecule has 0 aliphatic rings. The Labute approximate surface area is 143 Å². The van der Waals surface area contributed by atoms with Crippen molar-refractivity contribution in [2.24, 2.45) is 0 Å². The van der Waals surface area contributed by atoms with Gasteiger partial charge in [0, 0.05) is 5.69 Å². The average molecular weight is 346 g/mol. The Morgan fingerprint density at radius 2 is 1.46 bits per heavy atom. The summed E-state index contributed by atoms with van der Waals surface area (Å²) in [5.74, 6) is -0.411. The zero-order valence-electron chi connectivity index (χ0n) is 14.3. The van der Waals surface area contributed by atoms with Crippen LogP contribution in [0, 0.1) is 27.7 Å². The lowest BCUT2D eigenvalue weighted by Crippen LogP contribution is -2.33. The van der Waals surface area contributed by atoms with Gasteiger partial charge in [-0.05, 0) is 74.2 Å². The van der Waals surface area contributed by atoms with Crippen molar-refractivity contribution in [3.63, 3.8) is 0 Å². The van der Waals surface area contributed by atoms with E-state index in [0.29, 0.717) is 5.69 Å². The predicted octanol–water partition coefficient (Wildman–Crippen LogP) is 2.84. The zero-order valence-corrected chi connectivity index (χ0v) is 15.1. The fourth-order valence-electron chi connectivity index (χ4n) is 2.15. The van der Waals surface area contributed by atoms with Crippen molar-refractivity contribution in [3.05, 3.63) is 58.7 Å². The van der Waals surface area contributed by atoms with Crippen LogP contribution in [0.2, 0.25) is 0 Å². The van der Waals surface area contributed by atoms with E-state index >= 15 is 0 Å². The number of rotatable bonds is 5. The van der Waals surface area contributed by atoms with Gasteiger partial charge in [0.25, 0.3) is 0 Å². The lowest BCUT2D eigenvalue weighted by Gasteiger charge is -2.10. The molecule has 2 N–H and O–H groups in total. The lowest BCUT2D eigenvalue weighted by atomic mass is 10.1. The van der Waals surface area contributed by atoms with E-state index in [1.807, 2.05) is 39.8 Å². The summed E-state index contributed by atoms with van der Waals surface area (Å²) < 4.78 is 26.8. The van der Waals surface area contributed by atoms with Crippen molar-refractivity contribution < 1.29 is 13.2 Å². The molecule has 2 rings (SSSR count). The lowest BCUT2D eigenvalue weighted by molar-refractivity contribution is -0.115. The molecule has 0 aromatic heterocycles. The second-order valence-electron chi connectivity index (χ2n) is 5.92. The molecule has 0 aliphatic carbocycles. The minimum absolute atomic E-state index is 0.157. The summed E-state index contributed by atoms with van der Waals surface area (Å²) in [5.41, 5.74) is 4.74.